The molecule has 24 heavy (non-hydrogen) atoms. The van der Waals surface area contributed by atoms with E-state index < -0.39 is 0 Å². The molecule has 0 aliphatic rings. The lowest BCUT2D eigenvalue weighted by molar-refractivity contribution is 0.267. The normalized spacial score (nSPS) is 10.2. The van der Waals surface area contributed by atoms with Crippen molar-refractivity contribution in [1.29, 1.82) is 0 Å². The van der Waals surface area contributed by atoms with Crippen LogP contribution in [0.1, 0.15) is 25.0 Å². The summed E-state index contributed by atoms with van der Waals surface area (Å²) in [6.07, 6.45) is 0. The van der Waals surface area contributed by atoms with Crippen LogP contribution in [0.15, 0.2) is 40.9 Å². The van der Waals surface area contributed by atoms with E-state index in [1.165, 1.54) is 0 Å². The largest absolute Gasteiger partial charge is 0.490 e. The molecular weight excluding hydrogens is 413 g/mol. The minimum Gasteiger partial charge on any atom is -0.490 e. The number of hydrogen-bond donors (Lipinski definition) is 1. The van der Waals surface area contributed by atoms with Crippen molar-refractivity contribution in [2.75, 3.05) is 13.2 Å². The maximum absolute atomic E-state index is 5.97. The van der Waals surface area contributed by atoms with E-state index in [9.17, 15) is 0 Å². The van der Waals surface area contributed by atoms with Gasteiger partial charge in [-0.1, -0.05) is 30.7 Å². The Morgan fingerprint density at radius 1 is 1.04 bits per heavy atom. The summed E-state index contributed by atoms with van der Waals surface area (Å²) in [4.78, 5) is 0. The number of hydrogen-bond acceptors (Lipinski definition) is 3. The predicted octanol–water partition coefficient (Wildman–Crippen LogP) is 5.61. The van der Waals surface area contributed by atoms with E-state index >= 15 is 0 Å². The monoisotopic (exact) mass is 433 g/mol. The second-order valence-electron chi connectivity index (χ2n) is 5.03. The maximum Gasteiger partial charge on any atom is 0.175 e. The summed E-state index contributed by atoms with van der Waals surface area (Å²) in [7, 11) is 0. The SMILES string of the molecule is CCNCc1cc(Br)c(OCc2ccc(Cl)cc2)c(OCC)c1.Cl. The molecule has 0 unspecified atom stereocenters. The Balaban J connectivity index is 0.00000288. The standard InChI is InChI=1S/C18H21BrClNO2.ClH/c1-3-21-11-14-9-16(19)18(17(10-14)22-4-2)23-12-13-5-7-15(20)8-6-13;/h5-10,21H,3-4,11-12H2,1-2H3;1H. The number of nitrogens with one attached hydrogen (secondary N) is 1. The fourth-order valence-electron chi connectivity index (χ4n) is 2.13. The molecule has 0 aromatic heterocycles. The van der Waals surface area contributed by atoms with E-state index in [0.29, 0.717) is 13.2 Å². The summed E-state index contributed by atoms with van der Waals surface area (Å²) in [5.41, 5.74) is 2.21. The molecule has 0 heterocycles. The number of ether oxygens (including phenoxy) is 2. The fourth-order valence-corrected chi connectivity index (χ4v) is 2.86. The number of rotatable bonds is 8. The molecule has 0 saturated carbocycles. The van der Waals surface area contributed by atoms with E-state index in [1.54, 1.807) is 0 Å². The van der Waals surface area contributed by atoms with Gasteiger partial charge in [0.1, 0.15) is 6.61 Å². The molecule has 1 N–H and O–H groups in total. The first-order chi connectivity index (χ1) is 11.1. The van der Waals surface area contributed by atoms with Gasteiger partial charge in [0.2, 0.25) is 0 Å². The van der Waals surface area contributed by atoms with Crippen molar-refractivity contribution < 1.29 is 9.47 Å². The van der Waals surface area contributed by atoms with Crippen LogP contribution in [-0.4, -0.2) is 13.2 Å². The molecule has 2 aromatic carbocycles. The molecule has 0 spiro atoms. The van der Waals surface area contributed by atoms with Gasteiger partial charge in [0.05, 0.1) is 11.1 Å². The predicted molar refractivity (Wildman–Crippen MR) is 106 cm³/mol. The smallest absolute Gasteiger partial charge is 0.175 e. The van der Waals surface area contributed by atoms with E-state index in [-0.39, 0.29) is 12.4 Å². The Kier molecular flexibility index (Phi) is 9.52. The van der Waals surface area contributed by atoms with E-state index in [0.717, 1.165) is 45.2 Å². The van der Waals surface area contributed by atoms with Gasteiger partial charge in [-0.3, -0.25) is 0 Å². The van der Waals surface area contributed by atoms with Crippen molar-refractivity contribution in [2.45, 2.75) is 27.0 Å². The van der Waals surface area contributed by atoms with Gasteiger partial charge in [0, 0.05) is 11.6 Å². The molecule has 2 aromatic rings. The third kappa shape index (κ3) is 6.17. The molecule has 0 atom stereocenters. The van der Waals surface area contributed by atoms with Crippen LogP contribution in [0.3, 0.4) is 0 Å². The topological polar surface area (TPSA) is 30.5 Å². The highest BCUT2D eigenvalue weighted by Crippen LogP contribution is 2.37. The first-order valence-electron chi connectivity index (χ1n) is 7.67. The zero-order valence-electron chi connectivity index (χ0n) is 13.8. The summed E-state index contributed by atoms with van der Waals surface area (Å²) < 4.78 is 12.6. The highest BCUT2D eigenvalue weighted by molar-refractivity contribution is 9.10. The first kappa shape index (κ1) is 21.1. The Morgan fingerprint density at radius 3 is 2.38 bits per heavy atom. The number of benzene rings is 2. The van der Waals surface area contributed by atoms with Gasteiger partial charge in [-0.15, -0.1) is 12.4 Å². The van der Waals surface area contributed by atoms with Crippen LogP contribution in [0.4, 0.5) is 0 Å². The van der Waals surface area contributed by atoms with Crippen molar-refractivity contribution >= 4 is 39.9 Å². The Labute approximate surface area is 163 Å². The van der Waals surface area contributed by atoms with Gasteiger partial charge in [0.15, 0.2) is 11.5 Å². The molecular formula is C18H22BrCl2NO2. The van der Waals surface area contributed by atoms with Crippen LogP contribution in [0, 0.1) is 0 Å². The second kappa shape index (κ2) is 10.8. The van der Waals surface area contributed by atoms with Crippen molar-refractivity contribution in [3.8, 4) is 11.5 Å². The lowest BCUT2D eigenvalue weighted by Gasteiger charge is -2.16. The molecule has 132 valence electrons. The highest BCUT2D eigenvalue weighted by atomic mass is 79.9. The molecule has 0 aliphatic heterocycles. The van der Waals surface area contributed by atoms with Gasteiger partial charge < -0.3 is 14.8 Å². The second-order valence-corrected chi connectivity index (χ2v) is 6.32. The average molecular weight is 435 g/mol. The van der Waals surface area contributed by atoms with Crippen molar-refractivity contribution in [3.05, 3.63) is 57.0 Å². The molecule has 0 saturated heterocycles. The van der Waals surface area contributed by atoms with Crippen LogP contribution in [0.2, 0.25) is 5.02 Å². The lowest BCUT2D eigenvalue weighted by Crippen LogP contribution is -2.12. The molecule has 2 rings (SSSR count). The van der Waals surface area contributed by atoms with Crippen LogP contribution in [0.25, 0.3) is 0 Å². The maximum atomic E-state index is 5.97. The van der Waals surface area contributed by atoms with Gasteiger partial charge in [0.25, 0.3) is 0 Å². The van der Waals surface area contributed by atoms with E-state index in [4.69, 9.17) is 21.1 Å². The average Bonchev–Trinajstić information content (AvgIpc) is 2.54. The van der Waals surface area contributed by atoms with Gasteiger partial charge >= 0.3 is 0 Å². The molecule has 0 amide bonds. The third-order valence-electron chi connectivity index (χ3n) is 3.24. The summed E-state index contributed by atoms with van der Waals surface area (Å²) in [6.45, 7) is 6.83. The fraction of sp³-hybridized carbons (Fsp3) is 0.333. The highest BCUT2D eigenvalue weighted by Gasteiger charge is 2.12. The van der Waals surface area contributed by atoms with Crippen LogP contribution in [-0.2, 0) is 13.2 Å². The summed E-state index contributed by atoms with van der Waals surface area (Å²) in [5.74, 6) is 1.48. The van der Waals surface area contributed by atoms with Crippen LogP contribution < -0.4 is 14.8 Å². The molecule has 0 fully saturated rings. The molecule has 0 radical (unpaired) electrons. The van der Waals surface area contributed by atoms with Crippen LogP contribution >= 0.6 is 39.9 Å². The molecule has 0 aliphatic carbocycles. The Hall–Kier alpha value is -0.940. The van der Waals surface area contributed by atoms with Crippen molar-refractivity contribution in [3.63, 3.8) is 0 Å². The molecule has 6 heteroatoms. The zero-order chi connectivity index (χ0) is 16.7. The van der Waals surface area contributed by atoms with Crippen molar-refractivity contribution in [1.82, 2.24) is 5.32 Å². The zero-order valence-corrected chi connectivity index (χ0v) is 16.9. The summed E-state index contributed by atoms with van der Waals surface area (Å²) >= 11 is 9.50. The minimum atomic E-state index is 0. The minimum absolute atomic E-state index is 0. The van der Waals surface area contributed by atoms with Gasteiger partial charge in [-0.2, -0.15) is 0 Å². The van der Waals surface area contributed by atoms with Gasteiger partial charge in [-0.05, 0) is 64.8 Å². The Morgan fingerprint density at radius 2 is 1.75 bits per heavy atom. The summed E-state index contributed by atoms with van der Waals surface area (Å²) in [5, 5.41) is 4.03. The molecule has 0 bridgehead atoms. The molecule has 3 nitrogen and oxygen atoms in total. The Bertz CT molecular complexity index is 636. The third-order valence-corrected chi connectivity index (χ3v) is 4.09. The van der Waals surface area contributed by atoms with E-state index in [2.05, 4.69) is 34.2 Å². The van der Waals surface area contributed by atoms with Crippen LogP contribution in [0.5, 0.6) is 11.5 Å². The van der Waals surface area contributed by atoms with Gasteiger partial charge in [-0.25, -0.2) is 0 Å². The first-order valence-corrected chi connectivity index (χ1v) is 8.84. The number of halogens is 3. The van der Waals surface area contributed by atoms with E-state index in [1.807, 2.05) is 37.3 Å². The van der Waals surface area contributed by atoms with Crippen molar-refractivity contribution in [2.24, 2.45) is 0 Å². The lowest BCUT2D eigenvalue weighted by atomic mass is 10.2. The quantitative estimate of drug-likeness (QED) is 0.585. The summed E-state index contributed by atoms with van der Waals surface area (Å²) in [6, 6.07) is 11.7.